The Hall–Kier alpha value is -1.39. The van der Waals surface area contributed by atoms with Crippen molar-refractivity contribution in [1.29, 1.82) is 0 Å². The van der Waals surface area contributed by atoms with Crippen LogP contribution in [0.5, 0.6) is 0 Å². The molecule has 4 nitrogen and oxygen atoms in total. The van der Waals surface area contributed by atoms with Gasteiger partial charge in [0, 0.05) is 38.1 Å². The molecule has 1 aromatic rings. The van der Waals surface area contributed by atoms with Gasteiger partial charge in [0.1, 0.15) is 0 Å². The van der Waals surface area contributed by atoms with Crippen LogP contribution in [0.15, 0.2) is 30.3 Å². The van der Waals surface area contributed by atoms with Gasteiger partial charge >= 0.3 is 0 Å². The summed E-state index contributed by atoms with van der Waals surface area (Å²) < 4.78 is 0. The van der Waals surface area contributed by atoms with E-state index in [2.05, 4.69) is 12.2 Å². The number of benzene rings is 1. The lowest BCUT2D eigenvalue weighted by Gasteiger charge is -2.34. The number of nitrogens with one attached hydrogen (secondary N) is 1. The highest BCUT2D eigenvalue weighted by Gasteiger charge is 2.23. The fraction of sp³-hybridized carbons (Fsp3) is 0.533. The first kappa shape index (κ1) is 14.0. The number of nitrogens with zero attached hydrogens (tertiary/aromatic N) is 1. The van der Waals surface area contributed by atoms with Crippen LogP contribution >= 0.6 is 0 Å². The van der Waals surface area contributed by atoms with Crippen LogP contribution in [0, 0.1) is 0 Å². The first-order chi connectivity index (χ1) is 9.18. The molecule has 19 heavy (non-hydrogen) atoms. The molecule has 4 heteroatoms. The molecule has 1 fully saturated rings. The Bertz CT molecular complexity index is 407. The summed E-state index contributed by atoms with van der Waals surface area (Å²) in [6.07, 6.45) is 1.24. The molecule has 0 radical (unpaired) electrons. The molecule has 0 unspecified atom stereocenters. The lowest BCUT2D eigenvalue weighted by Crippen LogP contribution is -2.52. The highest BCUT2D eigenvalue weighted by Crippen LogP contribution is 2.16. The number of hydrogen-bond acceptors (Lipinski definition) is 3. The zero-order chi connectivity index (χ0) is 13.7. The van der Waals surface area contributed by atoms with Gasteiger partial charge in [-0.25, -0.2) is 0 Å². The second kappa shape index (κ2) is 6.68. The molecule has 1 heterocycles. The van der Waals surface area contributed by atoms with Crippen molar-refractivity contribution in [1.82, 2.24) is 10.2 Å². The quantitative estimate of drug-likeness (QED) is 0.858. The summed E-state index contributed by atoms with van der Waals surface area (Å²) in [5.74, 6) is 0.223. The minimum absolute atomic E-state index is 0.0524. The van der Waals surface area contributed by atoms with Gasteiger partial charge in [0.05, 0.1) is 0 Å². The van der Waals surface area contributed by atoms with E-state index in [4.69, 9.17) is 5.73 Å². The van der Waals surface area contributed by atoms with Crippen LogP contribution in [0.2, 0.25) is 0 Å². The van der Waals surface area contributed by atoms with E-state index in [9.17, 15) is 4.79 Å². The molecule has 0 aliphatic carbocycles. The molecule has 0 aromatic heterocycles. The van der Waals surface area contributed by atoms with Crippen molar-refractivity contribution < 1.29 is 4.79 Å². The summed E-state index contributed by atoms with van der Waals surface area (Å²) in [7, 11) is 0. The van der Waals surface area contributed by atoms with Gasteiger partial charge in [-0.1, -0.05) is 30.3 Å². The molecule has 1 amide bonds. The molecular weight excluding hydrogens is 238 g/mol. The Balaban J connectivity index is 1.83. The number of carbonyl (C=O) groups is 1. The summed E-state index contributed by atoms with van der Waals surface area (Å²) >= 11 is 0. The molecule has 104 valence electrons. The van der Waals surface area contributed by atoms with Crippen LogP contribution in [0.3, 0.4) is 0 Å². The fourth-order valence-electron chi connectivity index (χ4n) is 2.50. The van der Waals surface area contributed by atoms with Crippen LogP contribution in [0.25, 0.3) is 0 Å². The predicted molar refractivity (Wildman–Crippen MR) is 76.6 cm³/mol. The van der Waals surface area contributed by atoms with Crippen LogP contribution in [0.1, 0.15) is 31.4 Å². The molecule has 1 aliphatic heterocycles. The van der Waals surface area contributed by atoms with E-state index in [-0.39, 0.29) is 18.0 Å². The van der Waals surface area contributed by atoms with E-state index in [1.54, 1.807) is 0 Å². The lowest BCUT2D eigenvalue weighted by molar-refractivity contribution is -0.134. The minimum Gasteiger partial charge on any atom is -0.337 e. The number of amides is 1. The molecule has 1 saturated heterocycles. The second-order valence-corrected chi connectivity index (χ2v) is 5.20. The number of carbonyl (C=O) groups excluding carboxylic acids is 1. The van der Waals surface area contributed by atoms with E-state index >= 15 is 0 Å². The van der Waals surface area contributed by atoms with Crippen LogP contribution in [-0.4, -0.2) is 36.5 Å². The van der Waals surface area contributed by atoms with Crippen molar-refractivity contribution in [3.63, 3.8) is 0 Å². The third-order valence-electron chi connectivity index (χ3n) is 3.72. The Morgan fingerprint density at radius 2 is 2.21 bits per heavy atom. The molecule has 0 saturated carbocycles. The highest BCUT2D eigenvalue weighted by atomic mass is 16.2. The summed E-state index contributed by atoms with van der Waals surface area (Å²) in [6, 6.07) is 10.2. The number of hydrogen-bond donors (Lipinski definition) is 2. The first-order valence-electron chi connectivity index (χ1n) is 6.99. The zero-order valence-electron chi connectivity index (χ0n) is 11.5. The maximum absolute atomic E-state index is 12.2. The van der Waals surface area contributed by atoms with Crippen molar-refractivity contribution in [2.24, 2.45) is 5.73 Å². The fourth-order valence-corrected chi connectivity index (χ4v) is 2.50. The highest BCUT2D eigenvalue weighted by molar-refractivity contribution is 5.76. The van der Waals surface area contributed by atoms with Gasteiger partial charge in [-0.05, 0) is 18.9 Å². The average molecular weight is 261 g/mol. The lowest BCUT2D eigenvalue weighted by atomic mass is 10.0. The van der Waals surface area contributed by atoms with E-state index < -0.39 is 0 Å². The molecule has 2 atom stereocenters. The van der Waals surface area contributed by atoms with E-state index in [1.807, 2.05) is 35.2 Å². The van der Waals surface area contributed by atoms with E-state index in [0.717, 1.165) is 25.2 Å². The van der Waals surface area contributed by atoms with E-state index in [1.165, 1.54) is 0 Å². The molecule has 2 rings (SSSR count). The first-order valence-corrected chi connectivity index (χ1v) is 6.99. The topological polar surface area (TPSA) is 58.4 Å². The van der Waals surface area contributed by atoms with Gasteiger partial charge in [0.25, 0.3) is 0 Å². The second-order valence-electron chi connectivity index (χ2n) is 5.20. The Kier molecular flexibility index (Phi) is 4.93. The Morgan fingerprint density at radius 3 is 2.89 bits per heavy atom. The normalized spacial score (nSPS) is 21.2. The molecule has 1 aromatic carbocycles. The standard InChI is InChI=1S/C15H23N3O/c1-12-11-17-9-10-18(12)15(19)8-7-14(16)13-5-3-2-4-6-13/h2-6,12,14,17H,7-11,16H2,1H3/t12-,14+/m1/s1. The maximum Gasteiger partial charge on any atom is 0.222 e. The molecule has 0 spiro atoms. The number of piperazine rings is 1. The SMILES string of the molecule is C[C@@H]1CNCCN1C(=O)CC[C@H](N)c1ccccc1. The monoisotopic (exact) mass is 261 g/mol. The zero-order valence-corrected chi connectivity index (χ0v) is 11.5. The summed E-state index contributed by atoms with van der Waals surface area (Å²) in [4.78, 5) is 14.2. The van der Waals surface area contributed by atoms with Crippen molar-refractivity contribution in [3.8, 4) is 0 Å². The van der Waals surface area contributed by atoms with Crippen molar-refractivity contribution in [3.05, 3.63) is 35.9 Å². The number of rotatable bonds is 4. The smallest absolute Gasteiger partial charge is 0.222 e. The van der Waals surface area contributed by atoms with Crippen molar-refractivity contribution in [2.45, 2.75) is 31.8 Å². The third-order valence-corrected chi connectivity index (χ3v) is 3.72. The molecular formula is C15H23N3O. The van der Waals surface area contributed by atoms with Crippen LogP contribution < -0.4 is 11.1 Å². The van der Waals surface area contributed by atoms with Crippen molar-refractivity contribution >= 4 is 5.91 Å². The van der Waals surface area contributed by atoms with Gasteiger partial charge in [0.2, 0.25) is 5.91 Å². The number of nitrogens with two attached hydrogens (primary N) is 1. The Morgan fingerprint density at radius 1 is 1.47 bits per heavy atom. The third kappa shape index (κ3) is 3.78. The average Bonchev–Trinajstić information content (AvgIpc) is 2.46. The summed E-state index contributed by atoms with van der Waals surface area (Å²) in [6.45, 7) is 4.67. The molecule has 1 aliphatic rings. The predicted octanol–water partition coefficient (Wildman–Crippen LogP) is 1.29. The minimum atomic E-state index is -0.0524. The van der Waals surface area contributed by atoms with Gasteiger partial charge < -0.3 is 16.0 Å². The largest absolute Gasteiger partial charge is 0.337 e. The van der Waals surface area contributed by atoms with Crippen molar-refractivity contribution in [2.75, 3.05) is 19.6 Å². The van der Waals surface area contributed by atoms with Gasteiger partial charge in [0.15, 0.2) is 0 Å². The summed E-state index contributed by atoms with van der Waals surface area (Å²) in [5.41, 5.74) is 7.23. The molecule has 3 N–H and O–H groups in total. The maximum atomic E-state index is 12.2. The van der Waals surface area contributed by atoms with Crippen LogP contribution in [0.4, 0.5) is 0 Å². The van der Waals surface area contributed by atoms with Gasteiger partial charge in [-0.3, -0.25) is 4.79 Å². The molecule has 0 bridgehead atoms. The van der Waals surface area contributed by atoms with E-state index in [0.29, 0.717) is 12.8 Å². The van der Waals surface area contributed by atoms with Gasteiger partial charge in [-0.15, -0.1) is 0 Å². The Labute approximate surface area is 115 Å². The summed E-state index contributed by atoms with van der Waals surface area (Å²) in [5, 5.41) is 3.29. The van der Waals surface area contributed by atoms with Crippen LogP contribution in [-0.2, 0) is 4.79 Å². The van der Waals surface area contributed by atoms with Gasteiger partial charge in [-0.2, -0.15) is 0 Å².